The summed E-state index contributed by atoms with van der Waals surface area (Å²) in [6.07, 6.45) is 0. The molecule has 0 radical (unpaired) electrons. The average molecular weight is 373 g/mol. The Hall–Kier alpha value is -2.53. The van der Waals surface area contributed by atoms with E-state index in [1.165, 1.54) is 16.7 Å². The monoisotopic (exact) mass is 372 g/mol. The molecule has 1 aliphatic heterocycles. The minimum atomic E-state index is -1.60. The molecule has 26 heavy (non-hydrogen) atoms. The van der Waals surface area contributed by atoms with Gasteiger partial charge in [0.2, 0.25) is 0 Å². The Morgan fingerprint density at radius 2 is 1.88 bits per heavy atom. The summed E-state index contributed by atoms with van der Waals surface area (Å²) in [6.45, 7) is 3.82. The third-order valence-corrected chi connectivity index (χ3v) is 4.84. The van der Waals surface area contributed by atoms with E-state index < -0.39 is 11.5 Å². The lowest BCUT2D eigenvalue weighted by atomic mass is 9.99. The Kier molecular flexibility index (Phi) is 4.67. The third kappa shape index (κ3) is 3.15. The van der Waals surface area contributed by atoms with Gasteiger partial charge in [-0.1, -0.05) is 29.8 Å². The average Bonchev–Trinajstić information content (AvgIpc) is 2.62. The summed E-state index contributed by atoms with van der Waals surface area (Å²) < 4.78 is 5.89. The van der Waals surface area contributed by atoms with E-state index in [1.807, 2.05) is 31.2 Å². The molecule has 0 bridgehead atoms. The second kappa shape index (κ2) is 6.65. The molecule has 1 atom stereocenters. The van der Waals surface area contributed by atoms with Crippen molar-refractivity contribution in [3.05, 3.63) is 58.6 Å². The number of halogens is 1. The van der Waals surface area contributed by atoms with Gasteiger partial charge in [-0.2, -0.15) is 0 Å². The molecule has 3 rings (SSSR count). The second-order valence-electron chi connectivity index (χ2n) is 6.76. The maximum Gasteiger partial charge on any atom is 0.280 e. The minimum absolute atomic E-state index is 0.354. The first-order chi connectivity index (χ1) is 12.2. The molecule has 136 valence electrons. The zero-order valence-corrected chi connectivity index (χ0v) is 16.0. The number of nitrogens with zero attached hydrogens (tertiary/aromatic N) is 2. The van der Waals surface area contributed by atoms with E-state index in [-0.39, 0.29) is 5.91 Å². The maximum absolute atomic E-state index is 13.1. The highest BCUT2D eigenvalue weighted by Gasteiger charge is 2.50. The van der Waals surface area contributed by atoms with Crippen LogP contribution >= 0.6 is 11.6 Å². The molecule has 0 fully saturated rings. The molecule has 5 nitrogen and oxygen atoms in total. The lowest BCUT2D eigenvalue weighted by molar-refractivity contribution is -0.155. The van der Waals surface area contributed by atoms with E-state index in [0.717, 1.165) is 11.1 Å². The van der Waals surface area contributed by atoms with Gasteiger partial charge in [-0.3, -0.25) is 9.59 Å². The van der Waals surface area contributed by atoms with Crippen molar-refractivity contribution in [3.8, 4) is 5.75 Å². The molecule has 0 N–H and O–H groups in total. The molecule has 0 aromatic heterocycles. The van der Waals surface area contributed by atoms with Gasteiger partial charge in [0.05, 0.1) is 5.69 Å². The zero-order chi connectivity index (χ0) is 19.1. The predicted molar refractivity (Wildman–Crippen MR) is 102 cm³/mol. The van der Waals surface area contributed by atoms with Crippen LogP contribution in [-0.4, -0.2) is 36.4 Å². The van der Waals surface area contributed by atoms with Gasteiger partial charge in [-0.25, -0.2) is 0 Å². The Labute approximate surface area is 158 Å². The van der Waals surface area contributed by atoms with Gasteiger partial charge in [-0.05, 0) is 49.2 Å². The van der Waals surface area contributed by atoms with Gasteiger partial charge in [-0.15, -0.1) is 0 Å². The molecule has 2 aromatic rings. The van der Waals surface area contributed by atoms with Crippen LogP contribution in [0.25, 0.3) is 0 Å². The Bertz CT molecular complexity index is 866. The number of ether oxygens (including phenoxy) is 1. The molecule has 1 heterocycles. The van der Waals surface area contributed by atoms with Crippen LogP contribution in [0.4, 0.5) is 5.69 Å². The van der Waals surface area contributed by atoms with Crippen molar-refractivity contribution in [2.45, 2.75) is 26.0 Å². The summed E-state index contributed by atoms with van der Waals surface area (Å²) in [7, 11) is 3.32. The van der Waals surface area contributed by atoms with Crippen molar-refractivity contribution in [3.63, 3.8) is 0 Å². The van der Waals surface area contributed by atoms with Crippen LogP contribution in [0.1, 0.15) is 18.1 Å². The third-order valence-electron chi connectivity index (χ3n) is 4.59. The summed E-state index contributed by atoms with van der Waals surface area (Å²) in [5.74, 6) is -0.257. The van der Waals surface area contributed by atoms with Gasteiger partial charge in [0, 0.05) is 25.7 Å². The van der Waals surface area contributed by atoms with Crippen molar-refractivity contribution < 1.29 is 14.3 Å². The Balaban J connectivity index is 1.86. The van der Waals surface area contributed by atoms with E-state index in [4.69, 9.17) is 16.3 Å². The number of anilines is 1. The number of rotatable bonds is 3. The van der Waals surface area contributed by atoms with Crippen LogP contribution in [0.15, 0.2) is 42.5 Å². The fourth-order valence-electron chi connectivity index (χ4n) is 3.10. The molecule has 6 heteroatoms. The number of amides is 2. The molecular formula is C20H21ClN2O3. The van der Waals surface area contributed by atoms with Gasteiger partial charge in [0.1, 0.15) is 5.75 Å². The Morgan fingerprint density at radius 1 is 1.23 bits per heavy atom. The van der Waals surface area contributed by atoms with Crippen LogP contribution in [0, 0.1) is 6.92 Å². The quantitative estimate of drug-likeness (QED) is 0.776. The van der Waals surface area contributed by atoms with Gasteiger partial charge in [0.25, 0.3) is 17.4 Å². The lowest BCUT2D eigenvalue weighted by Gasteiger charge is -2.39. The number of benzene rings is 2. The van der Waals surface area contributed by atoms with Crippen LogP contribution in [0.3, 0.4) is 0 Å². The highest BCUT2D eigenvalue weighted by Crippen LogP contribution is 2.38. The molecule has 0 spiro atoms. The SMILES string of the molecule is Cc1ccc2c(c1)N(C)C(=O)C(C)(C(=O)N(C)Cc1ccc(Cl)cc1)O2. The van der Waals surface area contributed by atoms with Crippen molar-refractivity contribution in [1.29, 1.82) is 0 Å². The summed E-state index contributed by atoms with van der Waals surface area (Å²) in [5, 5.41) is 0.633. The Morgan fingerprint density at radius 3 is 2.54 bits per heavy atom. The molecule has 0 saturated carbocycles. The molecular weight excluding hydrogens is 352 g/mol. The number of carbonyl (C=O) groups is 2. The molecule has 1 unspecified atom stereocenters. The van der Waals surface area contributed by atoms with E-state index in [0.29, 0.717) is 23.0 Å². The maximum atomic E-state index is 13.1. The number of hydrogen-bond acceptors (Lipinski definition) is 3. The molecule has 2 aromatic carbocycles. The summed E-state index contributed by atoms with van der Waals surface area (Å²) >= 11 is 5.90. The topological polar surface area (TPSA) is 49.9 Å². The molecule has 0 saturated heterocycles. The fraction of sp³-hybridized carbons (Fsp3) is 0.300. The largest absolute Gasteiger partial charge is 0.465 e. The van der Waals surface area contributed by atoms with Crippen molar-refractivity contribution in [1.82, 2.24) is 4.90 Å². The summed E-state index contributed by atoms with van der Waals surface area (Å²) in [6, 6.07) is 12.8. The van der Waals surface area contributed by atoms with Gasteiger partial charge >= 0.3 is 0 Å². The van der Waals surface area contributed by atoms with Crippen LogP contribution in [0.5, 0.6) is 5.75 Å². The van der Waals surface area contributed by atoms with Crippen molar-refractivity contribution in [2.75, 3.05) is 19.0 Å². The first-order valence-electron chi connectivity index (χ1n) is 8.30. The lowest BCUT2D eigenvalue weighted by Crippen LogP contribution is -2.61. The summed E-state index contributed by atoms with van der Waals surface area (Å²) in [4.78, 5) is 28.9. The first-order valence-corrected chi connectivity index (χ1v) is 8.68. The number of carbonyl (C=O) groups excluding carboxylic acids is 2. The predicted octanol–water partition coefficient (Wildman–Crippen LogP) is 3.42. The van der Waals surface area contributed by atoms with E-state index in [2.05, 4.69) is 0 Å². The molecule has 2 amide bonds. The number of aryl methyl sites for hydroxylation is 1. The zero-order valence-electron chi connectivity index (χ0n) is 15.2. The fourth-order valence-corrected chi connectivity index (χ4v) is 3.23. The standard InChI is InChI=1S/C20H21ClN2O3/c1-13-5-10-17-16(11-13)23(4)19(25)20(2,26-17)18(24)22(3)12-14-6-8-15(21)9-7-14/h5-11H,12H2,1-4H3. The smallest absolute Gasteiger partial charge is 0.280 e. The van der Waals surface area contributed by atoms with E-state index in [1.54, 1.807) is 32.3 Å². The minimum Gasteiger partial charge on any atom is -0.465 e. The molecule has 0 aliphatic carbocycles. The first kappa shape index (κ1) is 18.3. The number of likely N-dealkylation sites (N-methyl/N-ethyl adjacent to an activating group) is 2. The highest BCUT2D eigenvalue weighted by atomic mass is 35.5. The van der Waals surface area contributed by atoms with Gasteiger partial charge in [0.15, 0.2) is 0 Å². The normalized spacial score (nSPS) is 19.0. The summed E-state index contributed by atoms with van der Waals surface area (Å²) in [5.41, 5.74) is 1.00. The van der Waals surface area contributed by atoms with Crippen LogP contribution < -0.4 is 9.64 Å². The van der Waals surface area contributed by atoms with Crippen LogP contribution in [0.2, 0.25) is 5.02 Å². The highest BCUT2D eigenvalue weighted by molar-refractivity contribution is 6.30. The number of hydrogen-bond donors (Lipinski definition) is 0. The van der Waals surface area contributed by atoms with Gasteiger partial charge < -0.3 is 14.5 Å². The van der Waals surface area contributed by atoms with Crippen molar-refractivity contribution >= 4 is 29.1 Å². The molecule has 1 aliphatic rings. The van der Waals surface area contributed by atoms with E-state index >= 15 is 0 Å². The number of fused-ring (bicyclic) bond motifs is 1. The van der Waals surface area contributed by atoms with E-state index in [9.17, 15) is 9.59 Å². The van der Waals surface area contributed by atoms with Crippen LogP contribution in [-0.2, 0) is 16.1 Å². The second-order valence-corrected chi connectivity index (χ2v) is 7.19. The van der Waals surface area contributed by atoms with Crippen molar-refractivity contribution in [2.24, 2.45) is 0 Å².